The molecule has 2 aromatic rings. The second-order valence-corrected chi connectivity index (χ2v) is 5.24. The minimum absolute atomic E-state index is 0.00803. The fourth-order valence-corrected chi connectivity index (χ4v) is 2.00. The zero-order chi connectivity index (χ0) is 14.7. The van der Waals surface area contributed by atoms with E-state index in [1.165, 1.54) is 11.1 Å². The highest BCUT2D eigenvalue weighted by Crippen LogP contribution is 2.17. The molecule has 0 spiro atoms. The molecule has 0 aliphatic carbocycles. The largest absolute Gasteiger partial charge is 0.483 e. The number of Topliss-reactive ketones (excluding diaryl/α,β-unsaturated/α-hetero) is 1. The van der Waals surface area contributed by atoms with E-state index in [0.717, 1.165) is 11.3 Å². The van der Waals surface area contributed by atoms with Crippen LogP contribution in [-0.2, 0) is 0 Å². The van der Waals surface area contributed by atoms with Gasteiger partial charge in [-0.2, -0.15) is 0 Å². The van der Waals surface area contributed by atoms with Gasteiger partial charge in [-0.1, -0.05) is 29.8 Å². The van der Waals surface area contributed by atoms with E-state index in [4.69, 9.17) is 4.74 Å². The highest BCUT2D eigenvalue weighted by atomic mass is 16.5. The Kier molecular flexibility index (Phi) is 4.23. The second-order valence-electron chi connectivity index (χ2n) is 5.24. The van der Waals surface area contributed by atoms with E-state index in [1.807, 2.05) is 63.2 Å². The van der Waals surface area contributed by atoms with Gasteiger partial charge in [0.25, 0.3) is 0 Å². The predicted octanol–water partition coefficient (Wildman–Crippen LogP) is 4.26. The fraction of sp³-hybridized carbons (Fsp3) is 0.278. The lowest BCUT2D eigenvalue weighted by Crippen LogP contribution is -2.24. The average molecular weight is 268 g/mol. The molecule has 104 valence electrons. The lowest BCUT2D eigenvalue weighted by molar-refractivity contribution is 0.0818. The average Bonchev–Trinajstić information content (AvgIpc) is 2.43. The summed E-state index contributed by atoms with van der Waals surface area (Å²) in [6.07, 6.45) is -0.486. The minimum atomic E-state index is -0.486. The third kappa shape index (κ3) is 3.27. The number of aryl methyl sites for hydroxylation is 3. The van der Waals surface area contributed by atoms with Crippen molar-refractivity contribution < 1.29 is 9.53 Å². The molecule has 0 bridgehead atoms. The summed E-state index contributed by atoms with van der Waals surface area (Å²) < 4.78 is 5.71. The summed E-state index contributed by atoms with van der Waals surface area (Å²) in [6, 6.07) is 13.5. The Hall–Kier alpha value is -2.09. The first kappa shape index (κ1) is 14.3. The summed E-state index contributed by atoms with van der Waals surface area (Å²) in [4.78, 5) is 12.4. The molecule has 1 atom stereocenters. The van der Waals surface area contributed by atoms with Gasteiger partial charge in [-0.05, 0) is 57.0 Å². The van der Waals surface area contributed by atoms with Gasteiger partial charge in [0.15, 0.2) is 6.10 Å². The summed E-state index contributed by atoms with van der Waals surface area (Å²) in [5.74, 6) is 0.731. The van der Waals surface area contributed by atoms with Gasteiger partial charge < -0.3 is 4.74 Å². The second kappa shape index (κ2) is 5.91. The smallest absolute Gasteiger partial charge is 0.203 e. The van der Waals surface area contributed by atoms with Gasteiger partial charge in [-0.25, -0.2) is 0 Å². The maximum atomic E-state index is 12.4. The van der Waals surface area contributed by atoms with Crippen molar-refractivity contribution in [2.45, 2.75) is 33.8 Å². The predicted molar refractivity (Wildman–Crippen MR) is 81.5 cm³/mol. The van der Waals surface area contributed by atoms with Gasteiger partial charge in [0.2, 0.25) is 5.78 Å². The Morgan fingerprint density at radius 1 is 0.950 bits per heavy atom. The number of carbonyl (C=O) groups is 1. The number of benzene rings is 2. The molecule has 0 saturated carbocycles. The van der Waals surface area contributed by atoms with E-state index in [2.05, 4.69) is 0 Å². The number of hydrogen-bond donors (Lipinski definition) is 0. The number of hydrogen-bond acceptors (Lipinski definition) is 2. The first-order chi connectivity index (χ1) is 9.47. The first-order valence-corrected chi connectivity index (χ1v) is 6.82. The molecule has 0 amide bonds. The van der Waals surface area contributed by atoms with Crippen LogP contribution in [0.15, 0.2) is 42.5 Å². The van der Waals surface area contributed by atoms with Crippen LogP contribution in [0.25, 0.3) is 0 Å². The quantitative estimate of drug-likeness (QED) is 0.774. The molecular weight excluding hydrogens is 248 g/mol. The Labute approximate surface area is 120 Å². The first-order valence-electron chi connectivity index (χ1n) is 6.82. The van der Waals surface area contributed by atoms with Gasteiger partial charge in [0.05, 0.1) is 0 Å². The SMILES string of the molecule is Cc1ccc(OC(C)C(=O)c2ccc(C)c(C)c2)cc1. The Balaban J connectivity index is 2.11. The van der Waals surface area contributed by atoms with Crippen LogP contribution in [0.1, 0.15) is 34.0 Å². The topological polar surface area (TPSA) is 26.3 Å². The van der Waals surface area contributed by atoms with Crippen molar-refractivity contribution in [1.82, 2.24) is 0 Å². The molecule has 2 rings (SSSR count). The van der Waals surface area contributed by atoms with E-state index in [-0.39, 0.29) is 5.78 Å². The van der Waals surface area contributed by atoms with Gasteiger partial charge in [0.1, 0.15) is 5.75 Å². The van der Waals surface area contributed by atoms with Crippen LogP contribution >= 0.6 is 0 Å². The third-order valence-electron chi connectivity index (χ3n) is 3.49. The molecule has 0 aliphatic rings. The van der Waals surface area contributed by atoms with Crippen LogP contribution in [-0.4, -0.2) is 11.9 Å². The van der Waals surface area contributed by atoms with Crippen molar-refractivity contribution in [1.29, 1.82) is 0 Å². The van der Waals surface area contributed by atoms with Crippen molar-refractivity contribution in [3.8, 4) is 5.75 Å². The van der Waals surface area contributed by atoms with Crippen molar-refractivity contribution >= 4 is 5.78 Å². The van der Waals surface area contributed by atoms with E-state index >= 15 is 0 Å². The van der Waals surface area contributed by atoms with Crippen molar-refractivity contribution in [3.63, 3.8) is 0 Å². The van der Waals surface area contributed by atoms with Crippen LogP contribution < -0.4 is 4.74 Å². The van der Waals surface area contributed by atoms with Crippen molar-refractivity contribution in [3.05, 3.63) is 64.7 Å². The highest BCUT2D eigenvalue weighted by Gasteiger charge is 2.17. The summed E-state index contributed by atoms with van der Waals surface area (Å²) in [5, 5.41) is 0. The number of ether oxygens (including phenoxy) is 1. The molecule has 2 heteroatoms. The molecule has 20 heavy (non-hydrogen) atoms. The van der Waals surface area contributed by atoms with Crippen molar-refractivity contribution in [2.24, 2.45) is 0 Å². The van der Waals surface area contributed by atoms with Gasteiger partial charge in [0, 0.05) is 5.56 Å². The molecule has 0 saturated heterocycles. The molecule has 0 radical (unpaired) electrons. The summed E-state index contributed by atoms with van der Waals surface area (Å²) >= 11 is 0. The standard InChI is InChI=1S/C18H20O2/c1-12-5-9-17(10-6-12)20-15(4)18(19)16-8-7-13(2)14(3)11-16/h5-11,15H,1-4H3. The minimum Gasteiger partial charge on any atom is -0.483 e. The van der Waals surface area contributed by atoms with Crippen LogP contribution in [0.3, 0.4) is 0 Å². The molecule has 1 unspecified atom stereocenters. The van der Waals surface area contributed by atoms with Crippen LogP contribution in [0.4, 0.5) is 0 Å². The lowest BCUT2D eigenvalue weighted by atomic mass is 10.0. The Morgan fingerprint density at radius 3 is 2.20 bits per heavy atom. The zero-order valence-electron chi connectivity index (χ0n) is 12.4. The number of rotatable bonds is 4. The van der Waals surface area contributed by atoms with Crippen LogP contribution in [0.5, 0.6) is 5.75 Å². The Morgan fingerprint density at radius 2 is 1.60 bits per heavy atom. The Bertz CT molecular complexity index is 612. The fourth-order valence-electron chi connectivity index (χ4n) is 2.00. The highest BCUT2D eigenvalue weighted by molar-refractivity contribution is 5.99. The van der Waals surface area contributed by atoms with E-state index in [0.29, 0.717) is 5.56 Å². The molecule has 0 aliphatic heterocycles. The van der Waals surface area contributed by atoms with Crippen LogP contribution in [0.2, 0.25) is 0 Å². The molecule has 2 nitrogen and oxygen atoms in total. The monoisotopic (exact) mass is 268 g/mol. The summed E-state index contributed by atoms with van der Waals surface area (Å²) in [7, 11) is 0. The molecule has 2 aromatic carbocycles. The molecule has 0 fully saturated rings. The summed E-state index contributed by atoms with van der Waals surface area (Å²) in [5.41, 5.74) is 4.19. The summed E-state index contributed by atoms with van der Waals surface area (Å²) in [6.45, 7) is 7.86. The molecule has 0 N–H and O–H groups in total. The van der Waals surface area contributed by atoms with Gasteiger partial charge >= 0.3 is 0 Å². The normalized spacial score (nSPS) is 12.0. The lowest BCUT2D eigenvalue weighted by Gasteiger charge is -2.14. The third-order valence-corrected chi connectivity index (χ3v) is 3.49. The number of ketones is 1. The van der Waals surface area contributed by atoms with Gasteiger partial charge in [-0.3, -0.25) is 4.79 Å². The number of carbonyl (C=O) groups excluding carboxylic acids is 1. The molecular formula is C18H20O2. The van der Waals surface area contributed by atoms with Crippen LogP contribution in [0, 0.1) is 20.8 Å². The van der Waals surface area contributed by atoms with Crippen molar-refractivity contribution in [2.75, 3.05) is 0 Å². The van der Waals surface area contributed by atoms with E-state index in [1.54, 1.807) is 6.92 Å². The maximum absolute atomic E-state index is 12.4. The van der Waals surface area contributed by atoms with E-state index in [9.17, 15) is 4.79 Å². The van der Waals surface area contributed by atoms with E-state index < -0.39 is 6.10 Å². The maximum Gasteiger partial charge on any atom is 0.203 e. The van der Waals surface area contributed by atoms with Gasteiger partial charge in [-0.15, -0.1) is 0 Å². The molecule has 0 aromatic heterocycles. The molecule has 0 heterocycles. The zero-order valence-corrected chi connectivity index (χ0v) is 12.4.